The van der Waals surface area contributed by atoms with Gasteiger partial charge in [0.2, 0.25) is 5.88 Å². The van der Waals surface area contributed by atoms with E-state index in [-0.39, 0.29) is 10.8 Å². The van der Waals surface area contributed by atoms with Crippen molar-refractivity contribution in [3.63, 3.8) is 0 Å². The van der Waals surface area contributed by atoms with E-state index in [1.807, 2.05) is 37.3 Å². The summed E-state index contributed by atoms with van der Waals surface area (Å²) in [7, 11) is -3.89. The van der Waals surface area contributed by atoms with Gasteiger partial charge in [0.25, 0.3) is 0 Å². The van der Waals surface area contributed by atoms with Gasteiger partial charge in [0.1, 0.15) is 4.90 Å². The van der Waals surface area contributed by atoms with Crippen LogP contribution in [0.1, 0.15) is 16.8 Å². The third-order valence-corrected chi connectivity index (χ3v) is 4.78. The normalized spacial score (nSPS) is 11.4. The highest BCUT2D eigenvalue weighted by Crippen LogP contribution is 2.21. The van der Waals surface area contributed by atoms with E-state index in [2.05, 4.69) is 5.10 Å². The van der Waals surface area contributed by atoms with Crippen LogP contribution in [0, 0.1) is 13.8 Å². The van der Waals surface area contributed by atoms with Crippen LogP contribution in [0.15, 0.2) is 65.6 Å². The first kappa shape index (κ1) is 16.3. The highest BCUT2D eigenvalue weighted by atomic mass is 32.2. The van der Waals surface area contributed by atoms with Crippen molar-refractivity contribution in [2.75, 3.05) is 0 Å². The van der Waals surface area contributed by atoms with Crippen LogP contribution in [0.3, 0.4) is 0 Å². The molecule has 124 valence electrons. The lowest BCUT2D eigenvalue weighted by Gasteiger charge is -2.09. The lowest BCUT2D eigenvalue weighted by molar-refractivity contribution is 0.447. The van der Waals surface area contributed by atoms with E-state index >= 15 is 0 Å². The smallest absolute Gasteiger partial charge is 0.340 e. The summed E-state index contributed by atoms with van der Waals surface area (Å²) in [4.78, 5) is 0.123. The molecule has 0 saturated heterocycles. The maximum Gasteiger partial charge on any atom is 0.340 e. The van der Waals surface area contributed by atoms with Crippen molar-refractivity contribution in [1.29, 1.82) is 0 Å². The first-order valence-corrected chi connectivity index (χ1v) is 8.94. The Bertz CT molecular complexity index is 930. The van der Waals surface area contributed by atoms with Crippen molar-refractivity contribution >= 4 is 10.1 Å². The van der Waals surface area contributed by atoms with E-state index < -0.39 is 10.1 Å². The molecular weight excluding hydrogens is 324 g/mol. The highest BCUT2D eigenvalue weighted by Gasteiger charge is 2.19. The number of rotatable bonds is 5. The second-order valence-corrected chi connectivity index (χ2v) is 7.16. The van der Waals surface area contributed by atoms with Crippen molar-refractivity contribution in [2.45, 2.75) is 25.3 Å². The van der Waals surface area contributed by atoms with Crippen molar-refractivity contribution in [1.82, 2.24) is 9.78 Å². The van der Waals surface area contributed by atoms with Gasteiger partial charge in [-0.2, -0.15) is 13.5 Å². The van der Waals surface area contributed by atoms with E-state index in [9.17, 15) is 8.42 Å². The van der Waals surface area contributed by atoms with Crippen LogP contribution in [0.25, 0.3) is 0 Å². The Hall–Kier alpha value is -2.60. The van der Waals surface area contributed by atoms with E-state index in [1.165, 1.54) is 12.1 Å². The van der Waals surface area contributed by atoms with Gasteiger partial charge in [-0.15, -0.1) is 0 Å². The number of hydrogen-bond donors (Lipinski definition) is 0. The summed E-state index contributed by atoms with van der Waals surface area (Å²) in [6.45, 7) is 4.13. The minimum Gasteiger partial charge on any atom is -0.358 e. The Kier molecular flexibility index (Phi) is 4.40. The molecule has 3 rings (SSSR count). The molecule has 0 spiro atoms. The molecular formula is C18H18N2O3S. The molecule has 5 nitrogen and oxygen atoms in total. The van der Waals surface area contributed by atoms with Crippen LogP contribution in [-0.4, -0.2) is 18.2 Å². The maximum absolute atomic E-state index is 12.5. The zero-order valence-electron chi connectivity index (χ0n) is 13.5. The first-order chi connectivity index (χ1) is 11.4. The molecule has 24 heavy (non-hydrogen) atoms. The van der Waals surface area contributed by atoms with Crippen LogP contribution in [0.5, 0.6) is 5.88 Å². The van der Waals surface area contributed by atoms with E-state index in [1.54, 1.807) is 29.8 Å². The number of benzene rings is 2. The lowest BCUT2D eigenvalue weighted by atomic mass is 10.2. The van der Waals surface area contributed by atoms with E-state index in [0.717, 1.165) is 11.1 Å². The Morgan fingerprint density at radius 1 is 1.00 bits per heavy atom. The number of nitrogens with zero attached hydrogens (tertiary/aromatic N) is 2. The van der Waals surface area contributed by atoms with Crippen LogP contribution in [0.4, 0.5) is 0 Å². The summed E-state index contributed by atoms with van der Waals surface area (Å²) < 4.78 is 31.8. The van der Waals surface area contributed by atoms with Crippen molar-refractivity contribution < 1.29 is 12.6 Å². The fourth-order valence-electron chi connectivity index (χ4n) is 2.32. The van der Waals surface area contributed by atoms with Crippen LogP contribution in [0.2, 0.25) is 0 Å². The molecule has 1 heterocycles. The molecule has 1 aromatic heterocycles. The zero-order chi connectivity index (χ0) is 17.2. The molecule has 0 N–H and O–H groups in total. The Labute approximate surface area is 141 Å². The molecule has 0 amide bonds. The summed E-state index contributed by atoms with van der Waals surface area (Å²) in [6.07, 6.45) is 0. The molecule has 3 aromatic rings. The average Bonchev–Trinajstić information content (AvgIpc) is 2.87. The van der Waals surface area contributed by atoms with Crippen molar-refractivity contribution in [3.8, 4) is 5.88 Å². The third kappa shape index (κ3) is 3.65. The summed E-state index contributed by atoms with van der Waals surface area (Å²) in [5, 5.41) is 4.33. The summed E-state index contributed by atoms with van der Waals surface area (Å²) in [5.41, 5.74) is 2.69. The summed E-state index contributed by atoms with van der Waals surface area (Å²) in [5.74, 6) is 0.205. The topological polar surface area (TPSA) is 61.2 Å². The van der Waals surface area contributed by atoms with Gasteiger partial charge in [0.15, 0.2) is 0 Å². The fraction of sp³-hybridized carbons (Fsp3) is 0.167. The van der Waals surface area contributed by atoms with Gasteiger partial charge >= 0.3 is 10.1 Å². The first-order valence-electron chi connectivity index (χ1n) is 7.53. The summed E-state index contributed by atoms with van der Waals surface area (Å²) >= 11 is 0. The van der Waals surface area contributed by atoms with Crippen molar-refractivity contribution in [3.05, 3.63) is 77.5 Å². The van der Waals surface area contributed by atoms with E-state index in [4.69, 9.17) is 4.18 Å². The Balaban J connectivity index is 1.88. The largest absolute Gasteiger partial charge is 0.358 e. The molecule has 2 aromatic carbocycles. The quantitative estimate of drug-likeness (QED) is 0.667. The fourth-order valence-corrected chi connectivity index (χ4v) is 3.25. The molecule has 0 bridgehead atoms. The van der Waals surface area contributed by atoms with Gasteiger partial charge in [-0.3, -0.25) is 0 Å². The lowest BCUT2D eigenvalue weighted by Crippen LogP contribution is -2.13. The van der Waals surface area contributed by atoms with Gasteiger partial charge in [-0.1, -0.05) is 48.0 Å². The molecule has 0 saturated carbocycles. The average molecular weight is 342 g/mol. The highest BCUT2D eigenvalue weighted by molar-refractivity contribution is 7.87. The molecule has 0 aliphatic carbocycles. The molecule has 0 aliphatic heterocycles. The van der Waals surface area contributed by atoms with Gasteiger partial charge in [0.05, 0.1) is 12.2 Å². The number of hydrogen-bond acceptors (Lipinski definition) is 4. The Morgan fingerprint density at radius 2 is 1.67 bits per heavy atom. The number of aryl methyl sites for hydroxylation is 2. The molecule has 6 heteroatoms. The maximum atomic E-state index is 12.5. The monoisotopic (exact) mass is 342 g/mol. The van der Waals surface area contributed by atoms with Gasteiger partial charge < -0.3 is 4.18 Å². The van der Waals surface area contributed by atoms with Gasteiger partial charge in [-0.05, 0) is 31.5 Å². The van der Waals surface area contributed by atoms with Crippen LogP contribution < -0.4 is 4.18 Å². The Morgan fingerprint density at radius 3 is 2.33 bits per heavy atom. The second-order valence-electron chi connectivity index (χ2n) is 5.62. The predicted octanol–water partition coefficient (Wildman–Crippen LogP) is 3.32. The molecule has 0 atom stereocenters. The molecule has 0 aliphatic rings. The third-order valence-electron chi connectivity index (χ3n) is 3.55. The minimum atomic E-state index is -3.89. The SMILES string of the molecule is Cc1ccc(S(=O)(=O)Oc2cc(C)nn2Cc2ccccc2)cc1. The standard InChI is InChI=1S/C18H18N2O3S/c1-14-8-10-17(11-9-14)24(21,22)23-18-12-15(2)19-20(18)13-16-6-4-3-5-7-16/h3-12H,13H2,1-2H3. The number of aromatic nitrogens is 2. The van der Waals surface area contributed by atoms with Gasteiger partial charge in [0, 0.05) is 6.07 Å². The van der Waals surface area contributed by atoms with Crippen molar-refractivity contribution in [2.24, 2.45) is 0 Å². The van der Waals surface area contributed by atoms with Crippen LogP contribution in [-0.2, 0) is 16.7 Å². The zero-order valence-corrected chi connectivity index (χ0v) is 14.3. The summed E-state index contributed by atoms with van der Waals surface area (Å²) in [6, 6.07) is 17.9. The van der Waals surface area contributed by atoms with Crippen LogP contribution >= 0.6 is 0 Å². The second kappa shape index (κ2) is 6.49. The molecule has 0 unspecified atom stereocenters. The predicted molar refractivity (Wildman–Crippen MR) is 91.5 cm³/mol. The molecule has 0 radical (unpaired) electrons. The van der Waals surface area contributed by atoms with Gasteiger partial charge in [-0.25, -0.2) is 4.68 Å². The minimum absolute atomic E-state index is 0.123. The molecule has 0 fully saturated rings. The van der Waals surface area contributed by atoms with E-state index in [0.29, 0.717) is 12.2 Å².